The number of nitrogens with one attached hydrogen (secondary N) is 4. The average Bonchev–Trinajstić information content (AvgIpc) is 3.49. The summed E-state index contributed by atoms with van der Waals surface area (Å²) in [6, 6.07) is 17.1. The summed E-state index contributed by atoms with van der Waals surface area (Å²) in [5.41, 5.74) is 8.75. The van der Waals surface area contributed by atoms with Crippen molar-refractivity contribution in [3.05, 3.63) is 65.7 Å². The molecular formula is C27H31N7O3S. The van der Waals surface area contributed by atoms with Gasteiger partial charge in [-0.1, -0.05) is 54.2 Å². The zero-order valence-corrected chi connectivity index (χ0v) is 22.0. The van der Waals surface area contributed by atoms with E-state index >= 15 is 0 Å². The van der Waals surface area contributed by atoms with E-state index < -0.39 is 6.04 Å². The predicted octanol–water partition coefficient (Wildman–Crippen LogP) is 1.85. The number of carbonyl (C=O) groups is 3. The Kier molecular flexibility index (Phi) is 8.16. The summed E-state index contributed by atoms with van der Waals surface area (Å²) in [4.78, 5) is 49.3. The molecule has 0 aliphatic carbocycles. The average molecular weight is 534 g/mol. The number of rotatable bonds is 9. The summed E-state index contributed by atoms with van der Waals surface area (Å²) in [6.45, 7) is 2.57. The quantitative estimate of drug-likeness (QED) is 0.390. The molecule has 4 N–H and O–H groups in total. The summed E-state index contributed by atoms with van der Waals surface area (Å²) in [6.07, 6.45) is 1.89. The number of amidine groups is 2. The Balaban J connectivity index is 1.19. The van der Waals surface area contributed by atoms with Crippen LogP contribution in [0.2, 0.25) is 0 Å². The third-order valence-corrected chi connectivity index (χ3v) is 7.47. The van der Waals surface area contributed by atoms with Gasteiger partial charge in [-0.25, -0.2) is 15.3 Å². The maximum atomic E-state index is 13.4. The number of para-hydroxylation sites is 1. The highest BCUT2D eigenvalue weighted by atomic mass is 32.2. The second-order valence-electron chi connectivity index (χ2n) is 9.51. The Morgan fingerprint density at radius 1 is 1.08 bits per heavy atom. The van der Waals surface area contributed by atoms with Gasteiger partial charge >= 0.3 is 0 Å². The number of nitrogens with zero attached hydrogens (tertiary/aromatic N) is 3. The standard InChI is InChI=1S/C27H31N7O3S/c1-17-15-22(33-32-17)31-24(36)16-38-27-30-20-10-6-5-9-19(20)25-29-21(26(37)34(25)27)11-12-23(35)28-14-13-18-7-3-2-4-8-18/h2-10,17,21-22,32-33H,11-16H2,1H3,(H,28,35)(H,31,36). The number of amides is 3. The molecule has 5 rings (SSSR count). The van der Waals surface area contributed by atoms with Crippen LogP contribution in [-0.2, 0) is 20.8 Å². The van der Waals surface area contributed by atoms with Gasteiger partial charge < -0.3 is 10.6 Å². The number of hydrogen-bond acceptors (Lipinski definition) is 8. The second-order valence-corrected chi connectivity index (χ2v) is 10.5. The first-order valence-electron chi connectivity index (χ1n) is 12.8. The van der Waals surface area contributed by atoms with Gasteiger partial charge in [0.25, 0.3) is 5.91 Å². The first-order valence-corrected chi connectivity index (χ1v) is 13.8. The van der Waals surface area contributed by atoms with Gasteiger partial charge in [0.2, 0.25) is 11.8 Å². The summed E-state index contributed by atoms with van der Waals surface area (Å²) in [5, 5.41) is 6.29. The first-order chi connectivity index (χ1) is 18.5. The van der Waals surface area contributed by atoms with E-state index in [0.717, 1.165) is 24.0 Å². The van der Waals surface area contributed by atoms with Crippen LogP contribution in [0.15, 0.2) is 64.6 Å². The monoisotopic (exact) mass is 533 g/mol. The number of benzene rings is 2. The van der Waals surface area contributed by atoms with Crippen LogP contribution < -0.4 is 21.5 Å². The number of hydrogen-bond donors (Lipinski definition) is 4. The van der Waals surface area contributed by atoms with E-state index in [1.807, 2.05) is 61.5 Å². The second kappa shape index (κ2) is 11.9. The topological polar surface area (TPSA) is 127 Å². The van der Waals surface area contributed by atoms with Gasteiger partial charge in [-0.2, -0.15) is 0 Å². The van der Waals surface area contributed by atoms with Crippen molar-refractivity contribution in [2.45, 2.75) is 50.9 Å². The summed E-state index contributed by atoms with van der Waals surface area (Å²) in [7, 11) is 0. The lowest BCUT2D eigenvalue weighted by Gasteiger charge is -2.25. The number of aliphatic imine (C=N–C) groups is 2. The Morgan fingerprint density at radius 2 is 1.87 bits per heavy atom. The van der Waals surface area contributed by atoms with Gasteiger partial charge in [-0.05, 0) is 43.9 Å². The lowest BCUT2D eigenvalue weighted by molar-refractivity contribution is -0.125. The molecule has 0 bridgehead atoms. The van der Waals surface area contributed by atoms with Crippen LogP contribution in [0.25, 0.3) is 0 Å². The Labute approximate surface area is 225 Å². The van der Waals surface area contributed by atoms with E-state index in [1.165, 1.54) is 16.7 Å². The number of carbonyl (C=O) groups excluding carboxylic acids is 3. The van der Waals surface area contributed by atoms with Crippen LogP contribution in [-0.4, -0.2) is 64.2 Å². The summed E-state index contributed by atoms with van der Waals surface area (Å²) in [5.74, 6) is 0.142. The minimum Gasteiger partial charge on any atom is -0.356 e. The largest absolute Gasteiger partial charge is 0.356 e. The highest BCUT2D eigenvalue weighted by Gasteiger charge is 2.41. The molecule has 198 valence electrons. The highest BCUT2D eigenvalue weighted by Crippen LogP contribution is 2.34. The molecule has 1 fully saturated rings. The van der Waals surface area contributed by atoms with Crippen molar-refractivity contribution in [2.24, 2.45) is 9.98 Å². The zero-order chi connectivity index (χ0) is 26.5. The fraction of sp³-hybridized carbons (Fsp3) is 0.370. The van der Waals surface area contributed by atoms with Crippen LogP contribution in [0.1, 0.15) is 37.3 Å². The molecule has 0 spiro atoms. The number of thioether (sulfide) groups is 1. The molecule has 38 heavy (non-hydrogen) atoms. The molecule has 1 saturated heterocycles. The van der Waals surface area contributed by atoms with Gasteiger partial charge in [0.05, 0.1) is 17.6 Å². The molecule has 2 aromatic carbocycles. The van der Waals surface area contributed by atoms with Crippen molar-refractivity contribution < 1.29 is 14.4 Å². The lowest BCUT2D eigenvalue weighted by Crippen LogP contribution is -2.45. The van der Waals surface area contributed by atoms with Gasteiger partial charge in [0, 0.05) is 24.6 Å². The molecule has 3 heterocycles. The fourth-order valence-corrected chi connectivity index (χ4v) is 5.42. The Hall–Kier alpha value is -3.54. The van der Waals surface area contributed by atoms with Crippen LogP contribution in [0.4, 0.5) is 5.69 Å². The molecule has 11 heteroatoms. The molecule has 0 saturated carbocycles. The fourth-order valence-electron chi connectivity index (χ4n) is 4.61. The maximum Gasteiger partial charge on any atom is 0.259 e. The van der Waals surface area contributed by atoms with Crippen LogP contribution in [0, 0.1) is 0 Å². The third kappa shape index (κ3) is 6.12. The van der Waals surface area contributed by atoms with Crippen LogP contribution >= 0.6 is 11.8 Å². The van der Waals surface area contributed by atoms with Crippen LogP contribution in [0.3, 0.4) is 0 Å². The molecule has 3 aliphatic heterocycles. The summed E-state index contributed by atoms with van der Waals surface area (Å²) >= 11 is 1.20. The normalized spacial score (nSPS) is 21.9. The number of fused-ring (bicyclic) bond motifs is 3. The molecule has 3 aliphatic rings. The third-order valence-electron chi connectivity index (χ3n) is 6.53. The van der Waals surface area contributed by atoms with Gasteiger partial charge in [0.1, 0.15) is 11.9 Å². The van der Waals surface area contributed by atoms with Crippen molar-refractivity contribution in [3.8, 4) is 0 Å². The molecule has 0 radical (unpaired) electrons. The minimum atomic E-state index is -0.675. The van der Waals surface area contributed by atoms with E-state index in [4.69, 9.17) is 4.99 Å². The molecule has 10 nitrogen and oxygen atoms in total. The van der Waals surface area contributed by atoms with E-state index in [9.17, 15) is 14.4 Å². The minimum absolute atomic E-state index is 0.108. The van der Waals surface area contributed by atoms with E-state index in [1.54, 1.807) is 0 Å². The van der Waals surface area contributed by atoms with E-state index in [2.05, 4.69) is 26.5 Å². The van der Waals surface area contributed by atoms with Gasteiger partial charge in [-0.15, -0.1) is 0 Å². The maximum absolute atomic E-state index is 13.4. The smallest absolute Gasteiger partial charge is 0.259 e. The Bertz CT molecular complexity index is 1270. The zero-order valence-electron chi connectivity index (χ0n) is 21.1. The van der Waals surface area contributed by atoms with Crippen molar-refractivity contribution in [1.82, 2.24) is 26.4 Å². The first kappa shape index (κ1) is 26.1. The van der Waals surface area contributed by atoms with Gasteiger partial charge in [-0.3, -0.25) is 24.8 Å². The molecule has 3 amide bonds. The highest BCUT2D eigenvalue weighted by molar-refractivity contribution is 8.14. The van der Waals surface area contributed by atoms with Crippen molar-refractivity contribution in [2.75, 3.05) is 12.3 Å². The van der Waals surface area contributed by atoms with E-state index in [-0.39, 0.29) is 42.1 Å². The predicted molar refractivity (Wildman–Crippen MR) is 148 cm³/mol. The molecule has 3 atom stereocenters. The summed E-state index contributed by atoms with van der Waals surface area (Å²) < 4.78 is 0. The van der Waals surface area contributed by atoms with Crippen molar-refractivity contribution >= 4 is 46.2 Å². The Morgan fingerprint density at radius 3 is 2.66 bits per heavy atom. The van der Waals surface area contributed by atoms with Gasteiger partial charge in [0.15, 0.2) is 5.17 Å². The van der Waals surface area contributed by atoms with Crippen molar-refractivity contribution in [3.63, 3.8) is 0 Å². The van der Waals surface area contributed by atoms with Crippen molar-refractivity contribution in [1.29, 1.82) is 0 Å². The lowest BCUT2D eigenvalue weighted by atomic mass is 10.1. The molecule has 2 aromatic rings. The van der Waals surface area contributed by atoms with E-state index in [0.29, 0.717) is 29.7 Å². The molecule has 0 aromatic heterocycles. The molecule has 3 unspecified atom stereocenters. The van der Waals surface area contributed by atoms with Crippen LogP contribution in [0.5, 0.6) is 0 Å². The SMILES string of the molecule is CC1CC(NC(=O)CSC2=Nc3ccccc3C3=NC(CCC(=O)NCCc4ccccc4)C(=O)N23)NN1. The molecular weight excluding hydrogens is 502 g/mol. The number of hydrazine groups is 1.